The number of hydrogen-bond donors (Lipinski definition) is 1. The molecule has 4 aromatic rings. The smallest absolute Gasteiger partial charge is 0.382 e. The Balaban J connectivity index is 1.91. The Hall–Kier alpha value is -3.74. The highest BCUT2D eigenvalue weighted by Gasteiger charge is 2.38. The third kappa shape index (κ3) is 4.51. The third-order valence-corrected chi connectivity index (χ3v) is 5.04. The molecule has 1 unspecified atom stereocenters. The Labute approximate surface area is 186 Å². The van der Waals surface area contributed by atoms with E-state index in [2.05, 4.69) is 15.1 Å². The number of halogens is 6. The molecule has 1 N–H and O–H groups in total. The van der Waals surface area contributed by atoms with Crippen molar-refractivity contribution in [1.82, 2.24) is 24.3 Å². The van der Waals surface area contributed by atoms with Crippen LogP contribution in [0.3, 0.4) is 0 Å². The molecule has 1 atom stereocenters. The van der Waals surface area contributed by atoms with Crippen LogP contribution in [0.25, 0.3) is 33.4 Å². The molecule has 0 spiro atoms. The van der Waals surface area contributed by atoms with Crippen molar-refractivity contribution in [3.63, 3.8) is 0 Å². The zero-order chi connectivity index (χ0) is 24.8. The van der Waals surface area contributed by atoms with E-state index in [9.17, 15) is 36.2 Å². The molecule has 0 aliphatic heterocycles. The van der Waals surface area contributed by atoms with Crippen LogP contribution in [-0.4, -0.2) is 41.7 Å². The number of aromatic nitrogens is 5. The Kier molecular flexibility index (Phi) is 5.67. The van der Waals surface area contributed by atoms with Crippen molar-refractivity contribution in [2.24, 2.45) is 7.05 Å². The van der Waals surface area contributed by atoms with E-state index in [1.165, 1.54) is 29.1 Å². The van der Waals surface area contributed by atoms with Gasteiger partial charge in [0.1, 0.15) is 11.2 Å². The summed E-state index contributed by atoms with van der Waals surface area (Å²) in [5, 5.41) is 13.3. The molecule has 1 aromatic carbocycles. The van der Waals surface area contributed by atoms with E-state index < -0.39 is 36.1 Å². The van der Waals surface area contributed by atoms with Gasteiger partial charge in [-0.2, -0.15) is 31.4 Å². The van der Waals surface area contributed by atoms with Gasteiger partial charge in [-0.25, -0.2) is 9.97 Å². The first kappa shape index (κ1) is 23.4. The molecule has 178 valence electrons. The van der Waals surface area contributed by atoms with Gasteiger partial charge in [-0.3, -0.25) is 14.0 Å². The maximum atomic E-state index is 13.0. The number of pyridine rings is 1. The van der Waals surface area contributed by atoms with E-state index >= 15 is 0 Å². The first-order valence-corrected chi connectivity index (χ1v) is 9.66. The van der Waals surface area contributed by atoms with Gasteiger partial charge in [0, 0.05) is 24.4 Å². The summed E-state index contributed by atoms with van der Waals surface area (Å²) in [7, 11) is 1.63. The fourth-order valence-electron chi connectivity index (χ4n) is 3.31. The summed E-state index contributed by atoms with van der Waals surface area (Å²) in [5.41, 5.74) is -0.754. The molecule has 0 saturated carbocycles. The number of alkyl halides is 6. The number of aryl methyl sites for hydroxylation is 1. The molecule has 0 aliphatic rings. The summed E-state index contributed by atoms with van der Waals surface area (Å²) >= 11 is 0. The average molecular weight is 483 g/mol. The number of benzene rings is 1. The van der Waals surface area contributed by atoms with Gasteiger partial charge < -0.3 is 5.11 Å². The van der Waals surface area contributed by atoms with Crippen molar-refractivity contribution in [3.05, 3.63) is 65.0 Å². The molecule has 0 fully saturated rings. The van der Waals surface area contributed by atoms with Crippen LogP contribution in [0.1, 0.15) is 5.56 Å². The third-order valence-electron chi connectivity index (χ3n) is 5.04. The largest absolute Gasteiger partial charge is 0.416 e. The second-order valence-corrected chi connectivity index (χ2v) is 7.49. The molecule has 0 saturated heterocycles. The van der Waals surface area contributed by atoms with E-state index in [1.54, 1.807) is 13.2 Å². The molecular formula is C21H15F6N5O2. The predicted octanol–water partition coefficient (Wildman–Crippen LogP) is 3.80. The first-order valence-electron chi connectivity index (χ1n) is 9.66. The lowest BCUT2D eigenvalue weighted by Gasteiger charge is -2.16. The lowest BCUT2D eigenvalue weighted by Crippen LogP contribution is -2.36. The molecular weight excluding hydrogens is 468 g/mol. The summed E-state index contributed by atoms with van der Waals surface area (Å²) in [4.78, 5) is 21.5. The van der Waals surface area contributed by atoms with Gasteiger partial charge in [0.15, 0.2) is 6.10 Å². The monoisotopic (exact) mass is 483 g/mol. The van der Waals surface area contributed by atoms with Crippen molar-refractivity contribution in [2.75, 3.05) is 0 Å². The second kappa shape index (κ2) is 8.24. The zero-order valence-corrected chi connectivity index (χ0v) is 17.3. The SMILES string of the molecule is Cn1cc(-c2nc(-c3ccc(C(F)(F)F)cc3)cc3c(=O)n(CC(O)C(F)(F)F)cnc23)cn1. The van der Waals surface area contributed by atoms with E-state index in [4.69, 9.17) is 0 Å². The van der Waals surface area contributed by atoms with Crippen LogP contribution in [0, 0.1) is 0 Å². The number of nitrogens with zero attached hydrogens (tertiary/aromatic N) is 5. The molecule has 0 bridgehead atoms. The van der Waals surface area contributed by atoms with Crippen LogP contribution in [0.4, 0.5) is 26.3 Å². The summed E-state index contributed by atoms with van der Waals surface area (Å²) in [6.07, 6.45) is -8.42. The maximum absolute atomic E-state index is 13.0. The number of rotatable bonds is 4. The van der Waals surface area contributed by atoms with Crippen molar-refractivity contribution in [3.8, 4) is 22.5 Å². The fourth-order valence-corrected chi connectivity index (χ4v) is 3.31. The Morgan fingerprint density at radius 3 is 2.29 bits per heavy atom. The van der Waals surface area contributed by atoms with Gasteiger partial charge in [0.2, 0.25) is 0 Å². The maximum Gasteiger partial charge on any atom is 0.416 e. The lowest BCUT2D eigenvalue weighted by molar-refractivity contribution is -0.207. The Morgan fingerprint density at radius 2 is 1.74 bits per heavy atom. The van der Waals surface area contributed by atoms with Crippen molar-refractivity contribution in [1.29, 1.82) is 0 Å². The molecule has 0 radical (unpaired) electrons. The van der Waals surface area contributed by atoms with Crippen LogP contribution >= 0.6 is 0 Å². The van der Waals surface area contributed by atoms with Gasteiger partial charge in [0.05, 0.1) is 35.7 Å². The molecule has 0 amide bonds. The quantitative estimate of drug-likeness (QED) is 0.447. The lowest BCUT2D eigenvalue weighted by atomic mass is 10.0. The van der Waals surface area contributed by atoms with Crippen molar-refractivity contribution >= 4 is 10.9 Å². The minimum atomic E-state index is -4.95. The van der Waals surface area contributed by atoms with Crippen LogP contribution in [0.5, 0.6) is 0 Å². The highest BCUT2D eigenvalue weighted by atomic mass is 19.4. The molecule has 3 heterocycles. The van der Waals surface area contributed by atoms with Gasteiger partial charge in [-0.15, -0.1) is 0 Å². The fraction of sp³-hybridized carbons (Fsp3) is 0.238. The molecule has 0 aliphatic carbocycles. The number of fused-ring (bicyclic) bond motifs is 1. The highest BCUT2D eigenvalue weighted by molar-refractivity contribution is 5.93. The molecule has 4 rings (SSSR count). The van der Waals surface area contributed by atoms with Crippen LogP contribution in [0.2, 0.25) is 0 Å². The number of hydrogen-bond acceptors (Lipinski definition) is 5. The molecule has 34 heavy (non-hydrogen) atoms. The summed E-state index contributed by atoms with van der Waals surface area (Å²) < 4.78 is 79.2. The van der Waals surface area contributed by atoms with Gasteiger partial charge in [-0.05, 0) is 18.2 Å². The molecule has 3 aromatic heterocycles. The minimum Gasteiger partial charge on any atom is -0.382 e. The van der Waals surface area contributed by atoms with Gasteiger partial charge in [0.25, 0.3) is 5.56 Å². The number of aliphatic hydroxyl groups is 1. The second-order valence-electron chi connectivity index (χ2n) is 7.49. The Morgan fingerprint density at radius 1 is 1.06 bits per heavy atom. The normalized spacial score (nSPS) is 13.4. The van der Waals surface area contributed by atoms with Crippen LogP contribution in [0.15, 0.2) is 53.8 Å². The van der Waals surface area contributed by atoms with E-state index in [-0.39, 0.29) is 27.9 Å². The first-order chi connectivity index (χ1) is 15.8. The minimum absolute atomic E-state index is 0.0615. The predicted molar refractivity (Wildman–Crippen MR) is 108 cm³/mol. The number of aliphatic hydroxyl groups excluding tert-OH is 1. The van der Waals surface area contributed by atoms with E-state index in [0.29, 0.717) is 10.1 Å². The van der Waals surface area contributed by atoms with Crippen LogP contribution in [-0.2, 0) is 19.8 Å². The van der Waals surface area contributed by atoms with Crippen molar-refractivity contribution in [2.45, 2.75) is 25.0 Å². The standard InChI is InChI=1S/C21H15F6N5O2/c1-31-8-12(7-29-31)17-18-14(19(34)32(10-28-18)9-16(33)21(25,26)27)6-15(30-17)11-2-4-13(5-3-11)20(22,23)24/h2-8,10,16,33H,9H2,1H3. The van der Waals surface area contributed by atoms with E-state index in [0.717, 1.165) is 18.5 Å². The zero-order valence-electron chi connectivity index (χ0n) is 17.3. The summed E-state index contributed by atoms with van der Waals surface area (Å²) in [5.74, 6) is 0. The molecule has 13 heteroatoms. The average Bonchev–Trinajstić information content (AvgIpc) is 3.20. The summed E-state index contributed by atoms with van der Waals surface area (Å²) in [6, 6.07) is 5.29. The topological polar surface area (TPSA) is 85.8 Å². The van der Waals surface area contributed by atoms with Crippen LogP contribution < -0.4 is 5.56 Å². The van der Waals surface area contributed by atoms with Gasteiger partial charge >= 0.3 is 12.4 Å². The summed E-state index contributed by atoms with van der Waals surface area (Å²) in [6.45, 7) is -1.08. The van der Waals surface area contributed by atoms with E-state index in [1.807, 2.05) is 0 Å². The van der Waals surface area contributed by atoms with Crippen molar-refractivity contribution < 1.29 is 31.4 Å². The van der Waals surface area contributed by atoms with Gasteiger partial charge in [-0.1, -0.05) is 12.1 Å². The Bertz CT molecular complexity index is 1410. The molecule has 7 nitrogen and oxygen atoms in total. The highest BCUT2D eigenvalue weighted by Crippen LogP contribution is 2.32.